The van der Waals surface area contributed by atoms with Gasteiger partial charge in [-0.3, -0.25) is 24.0 Å². The number of halogens is 1. The number of anilines is 1. The SMILES string of the molecule is CCC(C(=O)NC1CCCC1)N(Cc1ccc(F)cc1)C(=O)CN(c1ccc(OC)cc1)S(=O)(=O)c1ccc(C)c([N+](=O)[O-])c1. The van der Waals surface area contributed by atoms with E-state index in [1.165, 1.54) is 79.6 Å². The van der Waals surface area contributed by atoms with Crippen LogP contribution >= 0.6 is 0 Å². The van der Waals surface area contributed by atoms with Gasteiger partial charge in [-0.25, -0.2) is 12.8 Å². The summed E-state index contributed by atoms with van der Waals surface area (Å²) in [5, 5.41) is 14.7. The van der Waals surface area contributed by atoms with E-state index in [0.29, 0.717) is 11.3 Å². The van der Waals surface area contributed by atoms with Crippen molar-refractivity contribution in [1.82, 2.24) is 10.2 Å². The average molecular weight is 641 g/mol. The first-order valence-electron chi connectivity index (χ1n) is 14.7. The van der Waals surface area contributed by atoms with E-state index in [-0.39, 0.29) is 46.7 Å². The predicted molar refractivity (Wildman–Crippen MR) is 167 cm³/mol. The third kappa shape index (κ3) is 7.96. The summed E-state index contributed by atoms with van der Waals surface area (Å²) in [7, 11) is -3.08. The minimum Gasteiger partial charge on any atom is -0.497 e. The lowest BCUT2D eigenvalue weighted by atomic mass is 10.1. The summed E-state index contributed by atoms with van der Waals surface area (Å²) >= 11 is 0. The number of rotatable bonds is 13. The van der Waals surface area contributed by atoms with Crippen LogP contribution in [0.5, 0.6) is 5.75 Å². The maximum absolute atomic E-state index is 14.2. The first-order valence-corrected chi connectivity index (χ1v) is 16.1. The maximum atomic E-state index is 14.2. The third-order valence-corrected chi connectivity index (χ3v) is 9.73. The van der Waals surface area contributed by atoms with Crippen LogP contribution in [-0.4, -0.2) is 55.8 Å². The minimum absolute atomic E-state index is 0.0113. The van der Waals surface area contributed by atoms with Gasteiger partial charge in [0.15, 0.2) is 0 Å². The van der Waals surface area contributed by atoms with Gasteiger partial charge in [-0.15, -0.1) is 0 Å². The number of hydrogen-bond donors (Lipinski definition) is 1. The number of benzene rings is 3. The fraction of sp³-hybridized carbons (Fsp3) is 0.375. The molecule has 11 nitrogen and oxygen atoms in total. The van der Waals surface area contributed by atoms with Crippen molar-refractivity contribution in [3.63, 3.8) is 0 Å². The number of nitro groups is 1. The van der Waals surface area contributed by atoms with Crippen LogP contribution in [0.3, 0.4) is 0 Å². The van der Waals surface area contributed by atoms with Crippen molar-refractivity contribution in [1.29, 1.82) is 0 Å². The summed E-state index contributed by atoms with van der Waals surface area (Å²) in [6.07, 6.45) is 3.89. The van der Waals surface area contributed by atoms with E-state index < -0.39 is 39.3 Å². The molecule has 240 valence electrons. The van der Waals surface area contributed by atoms with Gasteiger partial charge in [-0.05, 0) is 74.2 Å². The molecule has 1 unspecified atom stereocenters. The monoisotopic (exact) mass is 640 g/mol. The highest BCUT2D eigenvalue weighted by molar-refractivity contribution is 7.92. The number of nitrogens with one attached hydrogen (secondary N) is 1. The smallest absolute Gasteiger partial charge is 0.273 e. The molecule has 0 saturated heterocycles. The maximum Gasteiger partial charge on any atom is 0.273 e. The van der Waals surface area contributed by atoms with Gasteiger partial charge in [0.05, 0.1) is 22.6 Å². The van der Waals surface area contributed by atoms with Crippen LogP contribution in [0.25, 0.3) is 0 Å². The Bertz CT molecular complexity index is 1630. The molecule has 3 aromatic rings. The molecule has 0 spiro atoms. The van der Waals surface area contributed by atoms with Crippen LogP contribution in [0.1, 0.15) is 50.2 Å². The molecule has 1 aliphatic carbocycles. The zero-order chi connectivity index (χ0) is 32.7. The molecule has 0 aromatic heterocycles. The number of hydrogen-bond acceptors (Lipinski definition) is 7. The van der Waals surface area contributed by atoms with Crippen molar-refractivity contribution in [3.8, 4) is 5.75 Å². The van der Waals surface area contributed by atoms with Crippen LogP contribution < -0.4 is 14.4 Å². The zero-order valence-corrected chi connectivity index (χ0v) is 26.3. The van der Waals surface area contributed by atoms with E-state index in [2.05, 4.69) is 5.32 Å². The van der Waals surface area contributed by atoms with Crippen LogP contribution in [0, 0.1) is 22.9 Å². The second-order valence-corrected chi connectivity index (χ2v) is 12.8. The van der Waals surface area contributed by atoms with Gasteiger partial charge in [-0.2, -0.15) is 0 Å². The highest BCUT2D eigenvalue weighted by Gasteiger charge is 2.35. The van der Waals surface area contributed by atoms with Crippen molar-refractivity contribution in [2.75, 3.05) is 18.0 Å². The summed E-state index contributed by atoms with van der Waals surface area (Å²) in [5.41, 5.74) is 0.544. The Morgan fingerprint density at radius 1 is 1.07 bits per heavy atom. The quantitative estimate of drug-likeness (QED) is 0.202. The normalized spacial score (nSPS) is 14.0. The van der Waals surface area contributed by atoms with Gasteiger partial charge in [0, 0.05) is 24.2 Å². The second-order valence-electron chi connectivity index (χ2n) is 11.0. The van der Waals surface area contributed by atoms with Crippen molar-refractivity contribution >= 4 is 33.2 Å². The summed E-state index contributed by atoms with van der Waals surface area (Å²) < 4.78 is 48.0. The highest BCUT2D eigenvalue weighted by atomic mass is 32.2. The van der Waals surface area contributed by atoms with Gasteiger partial charge < -0.3 is 15.0 Å². The van der Waals surface area contributed by atoms with Crippen molar-refractivity contribution in [2.45, 2.75) is 69.5 Å². The Hall–Kier alpha value is -4.52. The van der Waals surface area contributed by atoms with E-state index in [1.54, 1.807) is 6.92 Å². The Labute approximate surface area is 262 Å². The largest absolute Gasteiger partial charge is 0.497 e. The summed E-state index contributed by atoms with van der Waals surface area (Å²) in [5.74, 6) is -1.06. The standard InChI is InChI=1S/C32H37FN4O7S/c1-4-29(32(39)34-25-7-5-6-8-25)35(20-23-10-12-24(33)13-11-23)31(38)21-36(26-14-16-27(44-3)17-15-26)45(42,43)28-18-9-22(2)30(19-28)37(40)41/h9-19,25,29H,4-8,20-21H2,1-3H3,(H,34,39). The molecule has 0 aliphatic heterocycles. The van der Waals surface area contributed by atoms with Crippen LogP contribution in [0.2, 0.25) is 0 Å². The zero-order valence-electron chi connectivity index (χ0n) is 25.4. The topological polar surface area (TPSA) is 139 Å². The number of carbonyl (C=O) groups is 2. The van der Waals surface area contributed by atoms with E-state index >= 15 is 0 Å². The molecule has 0 bridgehead atoms. The van der Waals surface area contributed by atoms with Crippen LogP contribution in [0.4, 0.5) is 15.8 Å². The number of nitro benzene ring substituents is 1. The van der Waals surface area contributed by atoms with Gasteiger partial charge >= 0.3 is 0 Å². The van der Waals surface area contributed by atoms with E-state index in [9.17, 15) is 32.5 Å². The van der Waals surface area contributed by atoms with Gasteiger partial charge in [-0.1, -0.05) is 38.0 Å². The molecule has 1 atom stereocenters. The Balaban J connectivity index is 1.75. The van der Waals surface area contributed by atoms with Crippen molar-refractivity contribution < 1.29 is 32.1 Å². The number of carbonyl (C=O) groups excluding carboxylic acids is 2. The fourth-order valence-electron chi connectivity index (χ4n) is 5.42. The van der Waals surface area contributed by atoms with Gasteiger partial charge in [0.2, 0.25) is 11.8 Å². The molecular weight excluding hydrogens is 603 g/mol. The molecule has 0 heterocycles. The first kappa shape index (κ1) is 33.4. The molecule has 45 heavy (non-hydrogen) atoms. The van der Waals surface area contributed by atoms with Crippen LogP contribution in [-0.2, 0) is 26.2 Å². The lowest BCUT2D eigenvalue weighted by molar-refractivity contribution is -0.385. The summed E-state index contributed by atoms with van der Waals surface area (Å²) in [6.45, 7) is 2.45. The Kier molecular flexibility index (Phi) is 10.8. The molecule has 0 radical (unpaired) electrons. The van der Waals surface area contributed by atoms with Crippen molar-refractivity contribution in [2.24, 2.45) is 0 Å². The number of aryl methyl sites for hydroxylation is 1. The van der Waals surface area contributed by atoms with E-state index in [1.807, 2.05) is 0 Å². The van der Waals surface area contributed by atoms with E-state index in [4.69, 9.17) is 4.74 Å². The second kappa shape index (κ2) is 14.5. The molecular formula is C32H37FN4O7S. The number of ether oxygens (including phenoxy) is 1. The molecule has 3 aromatic carbocycles. The van der Waals surface area contributed by atoms with Crippen molar-refractivity contribution in [3.05, 3.63) is 93.8 Å². The molecule has 1 N–H and O–H groups in total. The first-order chi connectivity index (χ1) is 21.4. The molecule has 1 saturated carbocycles. The lowest BCUT2D eigenvalue weighted by Gasteiger charge is -2.33. The predicted octanol–water partition coefficient (Wildman–Crippen LogP) is 5.11. The minimum atomic E-state index is -4.53. The fourth-order valence-corrected chi connectivity index (χ4v) is 6.86. The summed E-state index contributed by atoms with van der Waals surface area (Å²) in [4.78, 5) is 39.6. The van der Waals surface area contributed by atoms with Gasteiger partial charge in [0.1, 0.15) is 24.2 Å². The number of amides is 2. The number of nitrogens with zero attached hydrogens (tertiary/aromatic N) is 3. The average Bonchev–Trinajstić information content (AvgIpc) is 3.53. The van der Waals surface area contributed by atoms with E-state index in [0.717, 1.165) is 36.1 Å². The molecule has 1 aliphatic rings. The van der Waals surface area contributed by atoms with Crippen LogP contribution in [0.15, 0.2) is 71.6 Å². The third-order valence-electron chi connectivity index (χ3n) is 7.96. The lowest BCUT2D eigenvalue weighted by Crippen LogP contribution is -2.53. The molecule has 2 amide bonds. The summed E-state index contributed by atoms with van der Waals surface area (Å²) in [6, 6.07) is 14.1. The number of methoxy groups -OCH3 is 1. The number of sulfonamides is 1. The van der Waals surface area contributed by atoms with Gasteiger partial charge in [0.25, 0.3) is 15.7 Å². The molecule has 1 fully saturated rings. The Morgan fingerprint density at radius 2 is 1.71 bits per heavy atom. The molecule has 4 rings (SSSR count). The molecule has 13 heteroatoms. The highest BCUT2D eigenvalue weighted by Crippen LogP contribution is 2.30. The Morgan fingerprint density at radius 3 is 2.29 bits per heavy atom.